The number of nitrogens with two attached hydrogens (primary N) is 1. The number of anilines is 1. The molecule has 1 aromatic rings. The fourth-order valence-corrected chi connectivity index (χ4v) is 2.21. The Morgan fingerprint density at radius 2 is 2.28 bits per heavy atom. The average molecular weight is 329 g/mol. The smallest absolute Gasteiger partial charge is 0.106 e. The summed E-state index contributed by atoms with van der Waals surface area (Å²) in [6.07, 6.45) is 2.65. The largest absolute Gasteiger partial charge is 0.389 e. The number of nitrogens with one attached hydrogen (secondary N) is 1. The second-order valence-corrected chi connectivity index (χ2v) is 5.85. The van der Waals surface area contributed by atoms with Gasteiger partial charge in [-0.2, -0.15) is 0 Å². The van der Waals surface area contributed by atoms with Crippen molar-refractivity contribution in [3.63, 3.8) is 0 Å². The number of benzene rings is 1. The molecule has 18 heavy (non-hydrogen) atoms. The molecule has 98 valence electrons. The van der Waals surface area contributed by atoms with E-state index in [1.165, 1.54) is 12.8 Å². The van der Waals surface area contributed by atoms with Gasteiger partial charge in [0, 0.05) is 28.9 Å². The first kappa shape index (κ1) is 13.8. The van der Waals surface area contributed by atoms with Gasteiger partial charge in [-0.25, -0.2) is 0 Å². The topological polar surface area (TPSA) is 47.3 Å². The molecule has 3 nitrogen and oxygen atoms in total. The molecule has 5 heteroatoms. The van der Waals surface area contributed by atoms with Crippen LogP contribution in [-0.2, 0) is 4.74 Å². The average Bonchev–Trinajstić information content (AvgIpc) is 3.12. The Morgan fingerprint density at radius 1 is 1.50 bits per heavy atom. The summed E-state index contributed by atoms with van der Waals surface area (Å²) < 4.78 is 6.58. The zero-order valence-corrected chi connectivity index (χ0v) is 12.5. The molecule has 0 amide bonds. The lowest BCUT2D eigenvalue weighted by Gasteiger charge is -2.12. The predicted molar refractivity (Wildman–Crippen MR) is 82.1 cm³/mol. The van der Waals surface area contributed by atoms with Crippen LogP contribution in [0.4, 0.5) is 5.69 Å². The van der Waals surface area contributed by atoms with Crippen molar-refractivity contribution < 1.29 is 4.74 Å². The molecule has 0 heterocycles. The molecule has 0 bridgehead atoms. The van der Waals surface area contributed by atoms with Crippen molar-refractivity contribution >= 4 is 38.8 Å². The first-order valence-corrected chi connectivity index (χ1v) is 7.28. The van der Waals surface area contributed by atoms with Gasteiger partial charge in [-0.1, -0.05) is 28.1 Å². The molecular formula is C13H17BrN2OS. The number of hydrogen-bond acceptors (Lipinski definition) is 3. The highest BCUT2D eigenvalue weighted by Gasteiger charge is 2.20. The van der Waals surface area contributed by atoms with E-state index in [1.807, 2.05) is 18.2 Å². The van der Waals surface area contributed by atoms with Crippen LogP contribution < -0.4 is 11.1 Å². The maximum atomic E-state index is 5.69. The van der Waals surface area contributed by atoms with Gasteiger partial charge in [0.2, 0.25) is 0 Å². The normalized spacial score (nSPS) is 14.5. The highest BCUT2D eigenvalue weighted by Crippen LogP contribution is 2.28. The number of rotatable bonds is 7. The van der Waals surface area contributed by atoms with E-state index < -0.39 is 0 Å². The lowest BCUT2D eigenvalue weighted by Crippen LogP contribution is -2.16. The van der Waals surface area contributed by atoms with E-state index in [0.29, 0.717) is 11.6 Å². The molecule has 0 spiro atoms. The lowest BCUT2D eigenvalue weighted by atomic mass is 10.2. The van der Waals surface area contributed by atoms with E-state index >= 15 is 0 Å². The van der Waals surface area contributed by atoms with Crippen LogP contribution in [0.5, 0.6) is 0 Å². The summed E-state index contributed by atoms with van der Waals surface area (Å²) in [5.74, 6) is 0.808. The summed E-state index contributed by atoms with van der Waals surface area (Å²) in [5, 5.41) is 3.31. The summed E-state index contributed by atoms with van der Waals surface area (Å²) in [6.45, 7) is 2.36. The molecule has 1 aromatic carbocycles. The van der Waals surface area contributed by atoms with Crippen LogP contribution >= 0.6 is 28.1 Å². The molecule has 0 aromatic heterocycles. The van der Waals surface area contributed by atoms with E-state index in [0.717, 1.165) is 34.8 Å². The molecule has 0 aliphatic heterocycles. The first-order valence-electron chi connectivity index (χ1n) is 6.08. The van der Waals surface area contributed by atoms with Crippen LogP contribution in [0.15, 0.2) is 22.7 Å². The monoisotopic (exact) mass is 328 g/mol. The highest BCUT2D eigenvalue weighted by atomic mass is 79.9. The number of hydrogen-bond donors (Lipinski definition) is 2. The molecule has 1 aliphatic rings. The van der Waals surface area contributed by atoms with Gasteiger partial charge in [-0.05, 0) is 37.0 Å². The molecule has 0 unspecified atom stereocenters. The van der Waals surface area contributed by atoms with Crippen LogP contribution in [0.3, 0.4) is 0 Å². The van der Waals surface area contributed by atoms with Gasteiger partial charge in [0.15, 0.2) is 0 Å². The van der Waals surface area contributed by atoms with Crippen LogP contribution in [0.1, 0.15) is 18.4 Å². The minimum absolute atomic E-state index is 0.406. The molecule has 0 saturated heterocycles. The SMILES string of the molecule is NC(=S)c1ccc(Br)cc1NCCOCC1CC1. The third kappa shape index (κ3) is 4.23. The van der Waals surface area contributed by atoms with E-state index in [1.54, 1.807) is 0 Å². The molecular weight excluding hydrogens is 312 g/mol. The third-order valence-corrected chi connectivity index (χ3v) is 3.57. The summed E-state index contributed by atoms with van der Waals surface area (Å²) >= 11 is 8.47. The summed E-state index contributed by atoms with van der Waals surface area (Å²) in [7, 11) is 0. The second-order valence-electron chi connectivity index (χ2n) is 4.50. The fourth-order valence-electron chi connectivity index (χ4n) is 1.67. The predicted octanol–water partition coefficient (Wildman–Crippen LogP) is 2.92. The Bertz CT molecular complexity index is 435. The summed E-state index contributed by atoms with van der Waals surface area (Å²) in [4.78, 5) is 0.406. The van der Waals surface area contributed by atoms with Gasteiger partial charge in [0.25, 0.3) is 0 Å². The van der Waals surface area contributed by atoms with Crippen LogP contribution in [0, 0.1) is 5.92 Å². The Balaban J connectivity index is 1.82. The van der Waals surface area contributed by atoms with Crippen molar-refractivity contribution in [2.75, 3.05) is 25.1 Å². The van der Waals surface area contributed by atoms with Gasteiger partial charge in [0.1, 0.15) is 4.99 Å². The second kappa shape index (κ2) is 6.50. The van der Waals surface area contributed by atoms with Gasteiger partial charge in [0.05, 0.1) is 6.61 Å². The first-order chi connectivity index (χ1) is 8.66. The zero-order chi connectivity index (χ0) is 13.0. The molecule has 1 aliphatic carbocycles. The third-order valence-electron chi connectivity index (χ3n) is 2.86. The maximum absolute atomic E-state index is 5.69. The van der Waals surface area contributed by atoms with Crippen molar-refractivity contribution in [1.29, 1.82) is 0 Å². The summed E-state index contributed by atoms with van der Waals surface area (Å²) in [5.41, 5.74) is 7.51. The van der Waals surface area contributed by atoms with E-state index in [-0.39, 0.29) is 0 Å². The maximum Gasteiger partial charge on any atom is 0.106 e. The van der Waals surface area contributed by atoms with Gasteiger partial charge in [-0.3, -0.25) is 0 Å². The standard InChI is InChI=1S/C13H17BrN2OS/c14-10-3-4-11(13(15)18)12(7-10)16-5-6-17-8-9-1-2-9/h3-4,7,9,16H,1-2,5-6,8H2,(H2,15,18). The minimum Gasteiger partial charge on any atom is -0.389 e. The molecule has 1 saturated carbocycles. The lowest BCUT2D eigenvalue weighted by molar-refractivity contribution is 0.134. The summed E-state index contributed by atoms with van der Waals surface area (Å²) in [6, 6.07) is 5.83. The van der Waals surface area contributed by atoms with Crippen LogP contribution in [0.2, 0.25) is 0 Å². The number of thiocarbonyl (C=S) groups is 1. The van der Waals surface area contributed by atoms with E-state index in [9.17, 15) is 0 Å². The molecule has 0 atom stereocenters. The van der Waals surface area contributed by atoms with Crippen LogP contribution in [0.25, 0.3) is 0 Å². The molecule has 0 radical (unpaired) electrons. The van der Waals surface area contributed by atoms with E-state index in [2.05, 4.69) is 21.2 Å². The Kier molecular flexibility index (Phi) is 4.97. The zero-order valence-electron chi connectivity index (χ0n) is 10.1. The van der Waals surface area contributed by atoms with Crippen molar-refractivity contribution in [1.82, 2.24) is 0 Å². The molecule has 2 rings (SSSR count). The Labute approximate surface area is 121 Å². The van der Waals surface area contributed by atoms with Gasteiger partial charge < -0.3 is 15.8 Å². The van der Waals surface area contributed by atoms with Gasteiger partial charge in [-0.15, -0.1) is 0 Å². The number of ether oxygens (including phenoxy) is 1. The van der Waals surface area contributed by atoms with Crippen molar-refractivity contribution in [3.8, 4) is 0 Å². The van der Waals surface area contributed by atoms with E-state index in [4.69, 9.17) is 22.7 Å². The van der Waals surface area contributed by atoms with Crippen molar-refractivity contribution in [3.05, 3.63) is 28.2 Å². The quantitative estimate of drug-likeness (QED) is 0.596. The van der Waals surface area contributed by atoms with Crippen molar-refractivity contribution in [2.45, 2.75) is 12.8 Å². The molecule has 3 N–H and O–H groups in total. The minimum atomic E-state index is 0.406. The van der Waals surface area contributed by atoms with Crippen LogP contribution in [-0.4, -0.2) is 24.7 Å². The Hall–Kier alpha value is -0.650. The number of halogens is 1. The highest BCUT2D eigenvalue weighted by molar-refractivity contribution is 9.10. The van der Waals surface area contributed by atoms with Crippen molar-refractivity contribution in [2.24, 2.45) is 11.7 Å². The Morgan fingerprint density at radius 3 is 2.94 bits per heavy atom. The molecule has 1 fully saturated rings. The van der Waals surface area contributed by atoms with Gasteiger partial charge >= 0.3 is 0 Å². The fraction of sp³-hybridized carbons (Fsp3) is 0.462.